The van der Waals surface area contributed by atoms with E-state index in [0.29, 0.717) is 24.6 Å². The number of hydrogen-bond acceptors (Lipinski definition) is 4. The molecule has 11 heteroatoms. The fourth-order valence-electron chi connectivity index (χ4n) is 2.44. The van der Waals surface area contributed by atoms with Crippen LogP contribution >= 0.6 is 24.0 Å². The SMILES string of the molecule is CCNC(=NCc1ccc(C)cc1OCC(F)(F)F)NCc1nncn1CC.I. The molecule has 0 radical (unpaired) electrons. The van der Waals surface area contributed by atoms with Gasteiger partial charge in [0.15, 0.2) is 18.4 Å². The zero-order valence-electron chi connectivity index (χ0n) is 16.6. The zero-order valence-corrected chi connectivity index (χ0v) is 18.9. The molecule has 0 saturated heterocycles. The first-order valence-corrected chi connectivity index (χ1v) is 9.00. The standard InChI is InChI=1S/C18H25F3N6O.HI/c1-4-22-17(24-10-16-26-25-12-27(16)5-2)23-9-14-7-6-13(3)8-15(14)28-11-18(19,20)21;/h6-8,12H,4-5,9-11H2,1-3H3,(H2,22,23,24);1H. The van der Waals surface area contributed by atoms with Crippen LogP contribution in [0.1, 0.15) is 30.8 Å². The minimum Gasteiger partial charge on any atom is -0.484 e. The summed E-state index contributed by atoms with van der Waals surface area (Å²) in [4.78, 5) is 4.45. The Bertz CT molecular complexity index is 794. The van der Waals surface area contributed by atoms with E-state index in [0.717, 1.165) is 17.9 Å². The van der Waals surface area contributed by atoms with E-state index in [9.17, 15) is 13.2 Å². The Balaban J connectivity index is 0.00000420. The predicted molar refractivity (Wildman–Crippen MR) is 115 cm³/mol. The van der Waals surface area contributed by atoms with Gasteiger partial charge < -0.3 is 19.9 Å². The molecule has 0 aliphatic rings. The Labute approximate surface area is 185 Å². The van der Waals surface area contributed by atoms with Gasteiger partial charge in [0.1, 0.15) is 12.1 Å². The van der Waals surface area contributed by atoms with Crippen molar-refractivity contribution in [1.82, 2.24) is 25.4 Å². The minimum absolute atomic E-state index is 0. The second-order valence-corrected chi connectivity index (χ2v) is 6.10. The zero-order chi connectivity index (χ0) is 20.6. The summed E-state index contributed by atoms with van der Waals surface area (Å²) in [7, 11) is 0. The van der Waals surface area contributed by atoms with Gasteiger partial charge in [-0.05, 0) is 32.4 Å². The number of aliphatic imine (C=N–C) groups is 1. The van der Waals surface area contributed by atoms with E-state index in [1.807, 2.05) is 24.5 Å². The number of ether oxygens (including phenoxy) is 1. The van der Waals surface area contributed by atoms with Gasteiger partial charge >= 0.3 is 6.18 Å². The summed E-state index contributed by atoms with van der Waals surface area (Å²) in [6, 6.07) is 5.12. The Hall–Kier alpha value is -2.05. The summed E-state index contributed by atoms with van der Waals surface area (Å²) in [5.41, 5.74) is 1.39. The number of alkyl halides is 3. The molecular formula is C18H26F3IN6O. The van der Waals surface area contributed by atoms with Gasteiger partial charge in [-0.1, -0.05) is 12.1 Å². The highest BCUT2D eigenvalue weighted by atomic mass is 127. The lowest BCUT2D eigenvalue weighted by atomic mass is 10.1. The summed E-state index contributed by atoms with van der Waals surface area (Å²) in [6.45, 7) is 6.36. The highest BCUT2D eigenvalue weighted by Gasteiger charge is 2.28. The van der Waals surface area contributed by atoms with Gasteiger partial charge in [-0.3, -0.25) is 0 Å². The predicted octanol–water partition coefficient (Wildman–Crippen LogP) is 3.42. The van der Waals surface area contributed by atoms with Crippen molar-refractivity contribution in [2.45, 2.75) is 46.6 Å². The molecule has 0 bridgehead atoms. The molecule has 2 aromatic rings. The Kier molecular flexibility index (Phi) is 10.2. The lowest BCUT2D eigenvalue weighted by molar-refractivity contribution is -0.153. The van der Waals surface area contributed by atoms with Crippen LogP contribution in [0.2, 0.25) is 0 Å². The number of halogens is 4. The number of nitrogens with zero attached hydrogens (tertiary/aromatic N) is 4. The van der Waals surface area contributed by atoms with Crippen molar-refractivity contribution in [2.75, 3.05) is 13.2 Å². The molecule has 0 saturated carbocycles. The van der Waals surface area contributed by atoms with Crippen LogP contribution in [0.15, 0.2) is 29.5 Å². The van der Waals surface area contributed by atoms with Crippen LogP contribution in [-0.4, -0.2) is 40.1 Å². The number of rotatable bonds is 8. The monoisotopic (exact) mass is 526 g/mol. The van der Waals surface area contributed by atoms with Crippen molar-refractivity contribution in [3.8, 4) is 5.75 Å². The molecule has 0 unspecified atom stereocenters. The van der Waals surface area contributed by atoms with Crippen LogP contribution in [0.4, 0.5) is 13.2 Å². The van der Waals surface area contributed by atoms with Crippen molar-refractivity contribution in [2.24, 2.45) is 4.99 Å². The van der Waals surface area contributed by atoms with Crippen molar-refractivity contribution < 1.29 is 17.9 Å². The number of nitrogens with one attached hydrogen (secondary N) is 2. The fraction of sp³-hybridized carbons (Fsp3) is 0.500. The van der Waals surface area contributed by atoms with E-state index in [-0.39, 0.29) is 36.3 Å². The van der Waals surface area contributed by atoms with Crippen molar-refractivity contribution in [3.05, 3.63) is 41.5 Å². The lowest BCUT2D eigenvalue weighted by Gasteiger charge is -2.14. The molecule has 0 atom stereocenters. The molecule has 0 aliphatic heterocycles. The van der Waals surface area contributed by atoms with Crippen LogP contribution < -0.4 is 15.4 Å². The van der Waals surface area contributed by atoms with E-state index in [4.69, 9.17) is 4.74 Å². The van der Waals surface area contributed by atoms with Gasteiger partial charge in [-0.2, -0.15) is 13.2 Å². The van der Waals surface area contributed by atoms with E-state index < -0.39 is 12.8 Å². The second kappa shape index (κ2) is 11.8. The molecule has 1 aromatic heterocycles. The van der Waals surface area contributed by atoms with Gasteiger partial charge in [0, 0.05) is 18.7 Å². The number of aromatic nitrogens is 3. The van der Waals surface area contributed by atoms with Gasteiger partial charge in [0.25, 0.3) is 0 Å². The first-order valence-electron chi connectivity index (χ1n) is 9.00. The number of guanidine groups is 1. The molecule has 7 nitrogen and oxygen atoms in total. The molecular weight excluding hydrogens is 500 g/mol. The van der Waals surface area contributed by atoms with Crippen molar-refractivity contribution >= 4 is 29.9 Å². The second-order valence-electron chi connectivity index (χ2n) is 6.10. The topological polar surface area (TPSA) is 76.4 Å². The van der Waals surface area contributed by atoms with Gasteiger partial charge in [0.2, 0.25) is 0 Å². The molecule has 29 heavy (non-hydrogen) atoms. The molecule has 0 fully saturated rings. The van der Waals surface area contributed by atoms with Gasteiger partial charge in [0.05, 0.1) is 13.1 Å². The molecule has 162 valence electrons. The third kappa shape index (κ3) is 8.46. The van der Waals surface area contributed by atoms with Crippen molar-refractivity contribution in [1.29, 1.82) is 0 Å². The maximum absolute atomic E-state index is 12.5. The minimum atomic E-state index is -4.39. The Morgan fingerprint density at radius 1 is 1.24 bits per heavy atom. The van der Waals surface area contributed by atoms with Crippen LogP contribution in [-0.2, 0) is 19.6 Å². The Morgan fingerprint density at radius 3 is 2.66 bits per heavy atom. The van der Waals surface area contributed by atoms with Crippen LogP contribution in [0, 0.1) is 6.92 Å². The summed E-state index contributed by atoms with van der Waals surface area (Å²) in [6.07, 6.45) is -2.74. The summed E-state index contributed by atoms with van der Waals surface area (Å²) < 4.78 is 44.4. The van der Waals surface area contributed by atoms with Gasteiger partial charge in [-0.25, -0.2) is 4.99 Å². The van der Waals surface area contributed by atoms with Crippen LogP contribution in [0.5, 0.6) is 5.75 Å². The fourth-order valence-corrected chi connectivity index (χ4v) is 2.44. The van der Waals surface area contributed by atoms with Gasteiger partial charge in [-0.15, -0.1) is 34.2 Å². The highest BCUT2D eigenvalue weighted by molar-refractivity contribution is 14.0. The number of benzene rings is 1. The maximum Gasteiger partial charge on any atom is 0.422 e. The number of hydrogen-bond donors (Lipinski definition) is 2. The molecule has 2 N–H and O–H groups in total. The van der Waals surface area contributed by atoms with Crippen molar-refractivity contribution in [3.63, 3.8) is 0 Å². The molecule has 0 spiro atoms. The quantitative estimate of drug-likeness (QED) is 0.313. The summed E-state index contributed by atoms with van der Waals surface area (Å²) >= 11 is 0. The average molecular weight is 526 g/mol. The average Bonchev–Trinajstić information content (AvgIpc) is 3.10. The first kappa shape index (κ1) is 25.0. The summed E-state index contributed by atoms with van der Waals surface area (Å²) in [5, 5.41) is 14.2. The third-order valence-corrected chi connectivity index (χ3v) is 3.82. The van der Waals surface area contributed by atoms with Crippen LogP contribution in [0.3, 0.4) is 0 Å². The molecule has 0 aliphatic carbocycles. The van der Waals surface area contributed by atoms with E-state index in [1.165, 1.54) is 0 Å². The largest absolute Gasteiger partial charge is 0.484 e. The maximum atomic E-state index is 12.5. The molecule has 1 heterocycles. The molecule has 0 amide bonds. The smallest absolute Gasteiger partial charge is 0.422 e. The summed E-state index contributed by atoms with van der Waals surface area (Å²) in [5.74, 6) is 1.47. The Morgan fingerprint density at radius 2 is 2.00 bits per heavy atom. The van der Waals surface area contributed by atoms with E-state index in [1.54, 1.807) is 25.4 Å². The normalized spacial score (nSPS) is 11.7. The third-order valence-electron chi connectivity index (χ3n) is 3.82. The molecule has 2 rings (SSSR count). The number of aryl methyl sites for hydroxylation is 2. The lowest BCUT2D eigenvalue weighted by Crippen LogP contribution is -2.37. The molecule has 1 aromatic carbocycles. The van der Waals surface area contributed by atoms with Crippen LogP contribution in [0.25, 0.3) is 0 Å². The van der Waals surface area contributed by atoms with E-state index in [2.05, 4.69) is 25.8 Å². The highest BCUT2D eigenvalue weighted by Crippen LogP contribution is 2.24. The van der Waals surface area contributed by atoms with E-state index >= 15 is 0 Å². The first-order chi connectivity index (χ1) is 13.3.